The molecule has 0 spiro atoms. The molecule has 0 aliphatic rings. The largest absolute Gasteiger partial charge is 0.445 e. The second-order valence-corrected chi connectivity index (χ2v) is 7.59. The molecule has 0 saturated heterocycles. The van der Waals surface area contributed by atoms with Crippen LogP contribution in [-0.2, 0) is 16.1 Å². The van der Waals surface area contributed by atoms with Gasteiger partial charge in [-0.1, -0.05) is 55.5 Å². The van der Waals surface area contributed by atoms with E-state index < -0.39 is 23.7 Å². The first-order valence-corrected chi connectivity index (χ1v) is 10.6. The number of hydrogen-bond acceptors (Lipinski definition) is 6. The molecule has 0 bridgehead atoms. The number of alkyl carbamates (subject to hydrolysis) is 1. The Bertz CT molecular complexity index is 1380. The molecule has 7 heteroatoms. The van der Waals surface area contributed by atoms with Crippen molar-refractivity contribution < 1.29 is 23.5 Å². The first-order valence-electron chi connectivity index (χ1n) is 10.6. The molecule has 0 saturated carbocycles. The first-order chi connectivity index (χ1) is 16.0. The number of hydrogen-bond donors (Lipinski definition) is 1. The molecule has 0 aliphatic heterocycles. The normalized spacial score (nSPS) is 11.8. The third-order valence-electron chi connectivity index (χ3n) is 5.40. The van der Waals surface area contributed by atoms with Gasteiger partial charge in [-0.05, 0) is 42.5 Å². The monoisotopic (exact) mass is 445 g/mol. The van der Waals surface area contributed by atoms with E-state index in [1.807, 2.05) is 42.5 Å². The summed E-state index contributed by atoms with van der Waals surface area (Å²) in [4.78, 5) is 37.3. The SMILES string of the molecule is CC[C@@H](NC(=O)OCc1ccccc1)C(=O)Oc1ccc2c(oc(=O)c3ccccc32)c1C. The van der Waals surface area contributed by atoms with E-state index in [0.717, 1.165) is 16.3 Å². The van der Waals surface area contributed by atoms with Crippen molar-refractivity contribution in [2.24, 2.45) is 0 Å². The average Bonchev–Trinajstić information content (AvgIpc) is 2.84. The number of amides is 1. The van der Waals surface area contributed by atoms with Crippen molar-refractivity contribution in [2.45, 2.75) is 32.9 Å². The van der Waals surface area contributed by atoms with Crippen LogP contribution >= 0.6 is 0 Å². The summed E-state index contributed by atoms with van der Waals surface area (Å²) in [7, 11) is 0. The molecule has 0 radical (unpaired) electrons. The van der Waals surface area contributed by atoms with E-state index in [1.165, 1.54) is 0 Å². The van der Waals surface area contributed by atoms with Crippen molar-refractivity contribution in [3.05, 3.63) is 88.3 Å². The quantitative estimate of drug-likeness (QED) is 0.197. The molecule has 4 aromatic rings. The summed E-state index contributed by atoms with van der Waals surface area (Å²) in [6.45, 7) is 3.56. The van der Waals surface area contributed by atoms with Crippen LogP contribution in [0.3, 0.4) is 0 Å². The van der Waals surface area contributed by atoms with Gasteiger partial charge >= 0.3 is 17.7 Å². The predicted octanol–water partition coefficient (Wildman–Crippen LogP) is 4.87. The Kier molecular flexibility index (Phi) is 6.40. The number of esters is 1. The molecule has 1 aromatic heterocycles. The fraction of sp³-hybridized carbons (Fsp3) is 0.192. The highest BCUT2D eigenvalue weighted by Gasteiger charge is 2.23. The van der Waals surface area contributed by atoms with Gasteiger partial charge in [0.2, 0.25) is 0 Å². The zero-order valence-electron chi connectivity index (χ0n) is 18.3. The Morgan fingerprint density at radius 3 is 2.36 bits per heavy atom. The summed E-state index contributed by atoms with van der Waals surface area (Å²) in [5, 5.41) is 4.53. The van der Waals surface area contributed by atoms with E-state index >= 15 is 0 Å². The third kappa shape index (κ3) is 4.72. The standard InChI is InChI=1S/C26H23NO6/c1-3-21(27-26(30)31-15-17-9-5-4-6-10-17)25(29)32-22-14-13-19-18-11-7-8-12-20(18)24(28)33-23(19)16(22)2/h4-14,21H,3,15H2,1-2H3,(H,27,30)/t21-/m1/s1. The number of nitrogens with one attached hydrogen (secondary N) is 1. The van der Waals surface area contributed by atoms with E-state index in [1.54, 1.807) is 38.1 Å². The summed E-state index contributed by atoms with van der Waals surface area (Å²) in [6.07, 6.45) is -0.402. The van der Waals surface area contributed by atoms with Crippen molar-refractivity contribution in [1.82, 2.24) is 5.32 Å². The van der Waals surface area contributed by atoms with Crippen molar-refractivity contribution >= 4 is 33.8 Å². The molecule has 7 nitrogen and oxygen atoms in total. The maximum atomic E-state index is 12.7. The lowest BCUT2D eigenvalue weighted by molar-refractivity contribution is -0.136. The number of benzene rings is 3. The van der Waals surface area contributed by atoms with Crippen LogP contribution in [0.5, 0.6) is 5.75 Å². The minimum Gasteiger partial charge on any atom is -0.445 e. The summed E-state index contributed by atoms with van der Waals surface area (Å²) in [6, 6.07) is 18.9. The molecule has 0 unspecified atom stereocenters. The van der Waals surface area contributed by atoms with Crippen LogP contribution in [0.4, 0.5) is 4.79 Å². The molecule has 1 amide bonds. The van der Waals surface area contributed by atoms with Gasteiger partial charge in [0.25, 0.3) is 0 Å². The average molecular weight is 445 g/mol. The molecule has 3 aromatic carbocycles. The molecule has 168 valence electrons. The van der Waals surface area contributed by atoms with Crippen LogP contribution in [0.15, 0.2) is 75.9 Å². The van der Waals surface area contributed by atoms with Crippen LogP contribution in [0.2, 0.25) is 0 Å². The Labute approximate surface area is 189 Å². The van der Waals surface area contributed by atoms with E-state index in [9.17, 15) is 14.4 Å². The zero-order valence-corrected chi connectivity index (χ0v) is 18.3. The van der Waals surface area contributed by atoms with Crippen molar-refractivity contribution in [3.8, 4) is 5.75 Å². The van der Waals surface area contributed by atoms with E-state index in [2.05, 4.69) is 5.32 Å². The summed E-state index contributed by atoms with van der Waals surface area (Å²) in [5.74, 6) is -0.386. The van der Waals surface area contributed by atoms with Crippen molar-refractivity contribution in [2.75, 3.05) is 0 Å². The Balaban J connectivity index is 1.50. The van der Waals surface area contributed by atoms with Crippen LogP contribution in [0, 0.1) is 6.92 Å². The Hall–Kier alpha value is -4.13. The number of ether oxygens (including phenoxy) is 2. The number of carbonyl (C=O) groups excluding carboxylic acids is 2. The van der Waals surface area contributed by atoms with Crippen LogP contribution in [0.25, 0.3) is 21.7 Å². The van der Waals surface area contributed by atoms with Crippen LogP contribution in [-0.4, -0.2) is 18.1 Å². The number of rotatable bonds is 6. The summed E-state index contributed by atoms with van der Waals surface area (Å²) >= 11 is 0. The van der Waals surface area contributed by atoms with Gasteiger partial charge in [-0.2, -0.15) is 0 Å². The number of aryl methyl sites for hydroxylation is 1. The van der Waals surface area contributed by atoms with Gasteiger partial charge in [0.15, 0.2) is 0 Å². The predicted molar refractivity (Wildman–Crippen MR) is 124 cm³/mol. The molecule has 33 heavy (non-hydrogen) atoms. The minimum atomic E-state index is -0.896. The highest BCUT2D eigenvalue weighted by Crippen LogP contribution is 2.31. The lowest BCUT2D eigenvalue weighted by Crippen LogP contribution is -2.42. The molecule has 1 N–H and O–H groups in total. The Morgan fingerprint density at radius 1 is 0.939 bits per heavy atom. The fourth-order valence-corrected chi connectivity index (χ4v) is 3.59. The molecule has 4 rings (SSSR count). The minimum absolute atomic E-state index is 0.0922. The van der Waals surface area contributed by atoms with Crippen LogP contribution < -0.4 is 15.7 Å². The van der Waals surface area contributed by atoms with Gasteiger partial charge in [0.05, 0.1) is 5.39 Å². The molecule has 0 aliphatic carbocycles. The van der Waals surface area contributed by atoms with Crippen molar-refractivity contribution in [1.29, 1.82) is 0 Å². The van der Waals surface area contributed by atoms with Gasteiger partial charge in [0, 0.05) is 10.9 Å². The topological polar surface area (TPSA) is 94.8 Å². The first kappa shape index (κ1) is 22.1. The zero-order chi connectivity index (χ0) is 23.4. The summed E-state index contributed by atoms with van der Waals surface area (Å²) in [5.41, 5.74) is 1.25. The lowest BCUT2D eigenvalue weighted by atomic mass is 10.0. The maximum Gasteiger partial charge on any atom is 0.408 e. The highest BCUT2D eigenvalue weighted by molar-refractivity contribution is 6.05. The van der Waals surface area contributed by atoms with E-state index in [-0.39, 0.29) is 12.4 Å². The second-order valence-electron chi connectivity index (χ2n) is 7.59. The van der Waals surface area contributed by atoms with E-state index in [0.29, 0.717) is 23.0 Å². The second kappa shape index (κ2) is 9.56. The maximum absolute atomic E-state index is 12.7. The molecule has 0 fully saturated rings. The lowest BCUT2D eigenvalue weighted by Gasteiger charge is -2.17. The van der Waals surface area contributed by atoms with Gasteiger partial charge in [-0.25, -0.2) is 14.4 Å². The van der Waals surface area contributed by atoms with E-state index in [4.69, 9.17) is 13.9 Å². The van der Waals surface area contributed by atoms with Gasteiger partial charge in [0.1, 0.15) is 24.0 Å². The molecule has 1 heterocycles. The van der Waals surface area contributed by atoms with Gasteiger partial charge in [-0.3, -0.25) is 0 Å². The summed E-state index contributed by atoms with van der Waals surface area (Å²) < 4.78 is 16.3. The molecular formula is C26H23NO6. The third-order valence-corrected chi connectivity index (χ3v) is 5.40. The fourth-order valence-electron chi connectivity index (χ4n) is 3.59. The smallest absolute Gasteiger partial charge is 0.408 e. The van der Waals surface area contributed by atoms with Crippen molar-refractivity contribution in [3.63, 3.8) is 0 Å². The van der Waals surface area contributed by atoms with Crippen LogP contribution in [0.1, 0.15) is 24.5 Å². The van der Waals surface area contributed by atoms with Gasteiger partial charge in [-0.15, -0.1) is 0 Å². The molecule has 1 atom stereocenters. The highest BCUT2D eigenvalue weighted by atomic mass is 16.6. The number of fused-ring (bicyclic) bond motifs is 3. The Morgan fingerprint density at radius 2 is 1.64 bits per heavy atom. The molecular weight excluding hydrogens is 422 g/mol. The van der Waals surface area contributed by atoms with Gasteiger partial charge < -0.3 is 19.2 Å². The number of carbonyl (C=O) groups is 2.